The molecule has 208 valence electrons. The van der Waals surface area contributed by atoms with Crippen LogP contribution in [0.5, 0.6) is 23.0 Å². The minimum atomic E-state index is -4.67. The summed E-state index contributed by atoms with van der Waals surface area (Å²) in [6.07, 6.45) is 6.26. The number of hydrogen-bond acceptors (Lipinski definition) is 6. The summed E-state index contributed by atoms with van der Waals surface area (Å²) < 4.78 is 56.1. The molecule has 0 aliphatic heterocycles. The van der Waals surface area contributed by atoms with E-state index in [1.165, 1.54) is 0 Å². The van der Waals surface area contributed by atoms with Gasteiger partial charge in [-0.2, -0.15) is 12.8 Å². The topological polar surface area (TPSA) is 116 Å². The molecule has 3 aromatic carbocycles. The zero-order valence-corrected chi connectivity index (χ0v) is 23.7. The van der Waals surface area contributed by atoms with E-state index in [0.29, 0.717) is 28.0 Å². The second kappa shape index (κ2) is 12.0. The molecule has 40 heavy (non-hydrogen) atoms. The second-order valence-electron chi connectivity index (χ2n) is 8.52. The van der Waals surface area contributed by atoms with Crippen molar-refractivity contribution in [3.05, 3.63) is 83.1 Å². The first-order valence-corrected chi connectivity index (χ1v) is 13.6. The molecule has 2 N–H and O–H groups in total. The van der Waals surface area contributed by atoms with Crippen LogP contribution in [-0.4, -0.2) is 46.0 Å². The van der Waals surface area contributed by atoms with Crippen LogP contribution in [0.25, 0.3) is 39.2 Å². The number of rotatable bonds is 6. The fourth-order valence-electron chi connectivity index (χ4n) is 4.41. The fraction of sp³-hybridized carbons (Fsp3) is 0.138. The Morgan fingerprint density at radius 3 is 1.75 bits per heavy atom. The van der Waals surface area contributed by atoms with Crippen LogP contribution >= 0.6 is 11.6 Å². The molecule has 0 saturated carbocycles. The Hall–Kier alpha value is -4.09. The summed E-state index contributed by atoms with van der Waals surface area (Å²) in [4.78, 5) is 0. The average Bonchev–Trinajstić information content (AvgIpc) is 2.93. The van der Waals surface area contributed by atoms with Crippen LogP contribution in [0.1, 0.15) is 11.3 Å². The summed E-state index contributed by atoms with van der Waals surface area (Å²) in [5.41, 5.74) is 3.08. The summed E-state index contributed by atoms with van der Waals surface area (Å²) in [5, 5.41) is 4.86. The predicted octanol–water partition coefficient (Wildman–Crippen LogP) is 5.94. The highest BCUT2D eigenvalue weighted by Gasteiger charge is 2.20. The number of ether oxygens (including phenoxy) is 4. The highest BCUT2D eigenvalue weighted by atomic mass is 35.5. The van der Waals surface area contributed by atoms with Gasteiger partial charge in [0.05, 0.1) is 39.2 Å². The Morgan fingerprint density at radius 2 is 1.20 bits per heavy atom. The predicted molar refractivity (Wildman–Crippen MR) is 155 cm³/mol. The molecule has 0 aliphatic rings. The van der Waals surface area contributed by atoms with E-state index in [0.717, 1.165) is 38.3 Å². The van der Waals surface area contributed by atoms with Crippen LogP contribution in [0.2, 0.25) is 5.02 Å². The number of nitrogens with zero attached hydrogens (tertiary/aromatic N) is 1. The molecule has 0 atom stereocenters. The first-order chi connectivity index (χ1) is 19.1. The lowest BCUT2D eigenvalue weighted by Crippen LogP contribution is -2.26. The van der Waals surface area contributed by atoms with Gasteiger partial charge < -0.3 is 18.9 Å². The van der Waals surface area contributed by atoms with E-state index in [4.69, 9.17) is 48.1 Å². The van der Waals surface area contributed by atoms with Crippen molar-refractivity contribution in [2.24, 2.45) is 0 Å². The zero-order chi connectivity index (χ0) is 29.0. The molecule has 5 rings (SSSR count). The number of benzene rings is 3. The summed E-state index contributed by atoms with van der Waals surface area (Å²) in [6, 6.07) is 20.0. The molecule has 0 unspecified atom stereocenters. The average molecular weight is 585 g/mol. The van der Waals surface area contributed by atoms with Crippen molar-refractivity contribution in [1.29, 1.82) is 0 Å². The van der Waals surface area contributed by atoms with E-state index in [2.05, 4.69) is 34.9 Å². The molecular formula is C29H27ClNO8S+. The molecule has 0 spiro atoms. The van der Waals surface area contributed by atoms with Gasteiger partial charge >= 0.3 is 10.4 Å². The number of fused-ring (bicyclic) bond motifs is 4. The lowest BCUT2D eigenvalue weighted by atomic mass is 10.0. The van der Waals surface area contributed by atoms with Gasteiger partial charge in [-0.05, 0) is 58.8 Å². The van der Waals surface area contributed by atoms with E-state index in [-0.39, 0.29) is 0 Å². The molecule has 0 bridgehead atoms. The van der Waals surface area contributed by atoms with Gasteiger partial charge in [0.2, 0.25) is 11.2 Å². The summed E-state index contributed by atoms with van der Waals surface area (Å²) >= 11 is 6.08. The number of pyridine rings is 2. The molecule has 2 aromatic heterocycles. The van der Waals surface area contributed by atoms with Gasteiger partial charge in [-0.15, -0.1) is 0 Å². The first-order valence-electron chi connectivity index (χ1n) is 11.8. The lowest BCUT2D eigenvalue weighted by molar-refractivity contribution is -0.511. The van der Waals surface area contributed by atoms with Crippen molar-refractivity contribution < 1.29 is 40.9 Å². The Balaban J connectivity index is 0.000000681. The van der Waals surface area contributed by atoms with Crippen molar-refractivity contribution in [2.45, 2.75) is 0 Å². The third-order valence-corrected chi connectivity index (χ3v) is 6.43. The van der Waals surface area contributed by atoms with Gasteiger partial charge in [-0.1, -0.05) is 23.7 Å². The number of aromatic nitrogens is 1. The van der Waals surface area contributed by atoms with Gasteiger partial charge in [0.25, 0.3) is 0 Å². The molecule has 5 aromatic rings. The van der Waals surface area contributed by atoms with Gasteiger partial charge in [0, 0.05) is 23.2 Å². The van der Waals surface area contributed by atoms with Gasteiger partial charge in [-0.25, -0.2) is 0 Å². The standard InChI is InChI=1S/C29H25ClNO4.H2O4S/c1-32-26-14-19-11-12-31-24(10-7-18-5-8-21(30)9-6-18)23-17-29(35-4)27(33-2)15-20(23)13-25(31)22(19)16-28(26)34-3;1-5(2,3)4/h5-17H,1-4H3;(H2,1,2,3,4)/q+1;/b10-7+;. The van der Waals surface area contributed by atoms with Gasteiger partial charge in [0.15, 0.2) is 29.2 Å². The van der Waals surface area contributed by atoms with E-state index < -0.39 is 10.4 Å². The number of methoxy groups -OCH3 is 4. The second-order valence-corrected chi connectivity index (χ2v) is 9.85. The third kappa shape index (κ3) is 6.37. The summed E-state index contributed by atoms with van der Waals surface area (Å²) in [7, 11) is 1.92. The van der Waals surface area contributed by atoms with Crippen LogP contribution in [0.15, 0.2) is 66.9 Å². The minimum Gasteiger partial charge on any atom is -0.493 e. The zero-order valence-electron chi connectivity index (χ0n) is 22.1. The maximum Gasteiger partial charge on any atom is 0.394 e. The van der Waals surface area contributed by atoms with E-state index >= 15 is 0 Å². The Bertz CT molecular complexity index is 1830. The van der Waals surface area contributed by atoms with Crippen molar-refractivity contribution in [3.8, 4) is 23.0 Å². The molecule has 0 radical (unpaired) electrons. The molecule has 2 heterocycles. The molecular weight excluding hydrogens is 558 g/mol. The molecule has 0 fully saturated rings. The normalized spacial score (nSPS) is 11.5. The largest absolute Gasteiger partial charge is 0.493 e. The van der Waals surface area contributed by atoms with E-state index in [9.17, 15) is 0 Å². The van der Waals surface area contributed by atoms with Crippen molar-refractivity contribution in [3.63, 3.8) is 0 Å². The monoisotopic (exact) mass is 584 g/mol. The van der Waals surface area contributed by atoms with Gasteiger partial charge in [-0.3, -0.25) is 9.11 Å². The highest BCUT2D eigenvalue weighted by Crippen LogP contribution is 2.37. The third-order valence-electron chi connectivity index (χ3n) is 6.18. The molecule has 0 amide bonds. The van der Waals surface area contributed by atoms with E-state index in [1.807, 2.05) is 48.5 Å². The SMILES string of the molecule is COc1cc2cc3c4cc(OC)c(OC)cc4cc[n+]3c(/C=C/c3ccc(Cl)cc3)c2cc1OC.O=S(=O)(O)O. The smallest absolute Gasteiger partial charge is 0.394 e. The Labute approximate surface area is 236 Å². The van der Waals surface area contributed by atoms with Crippen molar-refractivity contribution >= 4 is 61.2 Å². The Morgan fingerprint density at radius 1 is 0.700 bits per heavy atom. The highest BCUT2D eigenvalue weighted by molar-refractivity contribution is 7.79. The summed E-state index contributed by atoms with van der Waals surface area (Å²) in [6.45, 7) is 0. The van der Waals surface area contributed by atoms with Gasteiger partial charge in [0.1, 0.15) is 0 Å². The molecule has 0 saturated heterocycles. The molecule has 0 aliphatic carbocycles. The fourth-order valence-corrected chi connectivity index (χ4v) is 4.53. The maximum absolute atomic E-state index is 8.74. The Kier molecular flexibility index (Phi) is 8.65. The van der Waals surface area contributed by atoms with Crippen molar-refractivity contribution in [1.82, 2.24) is 0 Å². The van der Waals surface area contributed by atoms with Crippen LogP contribution < -0.4 is 23.3 Å². The maximum atomic E-state index is 8.74. The van der Waals surface area contributed by atoms with E-state index in [1.54, 1.807) is 28.4 Å². The van der Waals surface area contributed by atoms with Crippen LogP contribution in [-0.2, 0) is 10.4 Å². The number of halogens is 1. The van der Waals surface area contributed by atoms with Crippen molar-refractivity contribution in [2.75, 3.05) is 28.4 Å². The minimum absolute atomic E-state index is 0.674. The van der Waals surface area contributed by atoms with Crippen LogP contribution in [0, 0.1) is 0 Å². The molecule has 11 heteroatoms. The summed E-state index contributed by atoms with van der Waals surface area (Å²) in [5.74, 6) is 2.72. The number of hydrogen-bond donors (Lipinski definition) is 2. The quantitative estimate of drug-likeness (QED) is 0.109. The van der Waals surface area contributed by atoms with Crippen LogP contribution in [0.3, 0.4) is 0 Å². The molecule has 9 nitrogen and oxygen atoms in total. The lowest BCUT2D eigenvalue weighted by Gasteiger charge is -2.12. The first kappa shape index (κ1) is 28.9. The van der Waals surface area contributed by atoms with Crippen LogP contribution in [0.4, 0.5) is 0 Å².